The molecule has 0 aliphatic carbocycles. The second-order valence-corrected chi connectivity index (χ2v) is 6.76. The zero-order valence-electron chi connectivity index (χ0n) is 14.8. The summed E-state index contributed by atoms with van der Waals surface area (Å²) in [4.78, 5) is 18.5. The molecule has 5 nitrogen and oxygen atoms in total. The number of aliphatic hydroxyl groups excluding tert-OH is 1. The first kappa shape index (κ1) is 18.5. The highest BCUT2D eigenvalue weighted by molar-refractivity contribution is 5.79. The first-order valence-corrected chi connectivity index (χ1v) is 8.69. The van der Waals surface area contributed by atoms with Gasteiger partial charge in [-0.3, -0.25) is 9.78 Å². The van der Waals surface area contributed by atoms with E-state index < -0.39 is 5.60 Å². The smallest absolute Gasteiger partial charge is 0.227 e. The van der Waals surface area contributed by atoms with Gasteiger partial charge in [0, 0.05) is 24.9 Å². The van der Waals surface area contributed by atoms with E-state index in [1.165, 1.54) is 6.07 Å². The zero-order chi connectivity index (χ0) is 18.6. The van der Waals surface area contributed by atoms with Gasteiger partial charge in [0.15, 0.2) is 0 Å². The van der Waals surface area contributed by atoms with E-state index in [4.69, 9.17) is 4.74 Å². The maximum atomic E-state index is 14.0. The highest BCUT2D eigenvalue weighted by atomic mass is 19.1. The number of nitrogens with zero attached hydrogens (tertiary/aromatic N) is 2. The number of rotatable bonds is 5. The van der Waals surface area contributed by atoms with Crippen LogP contribution in [-0.4, -0.2) is 52.8 Å². The predicted octanol–water partition coefficient (Wildman–Crippen LogP) is 1.90. The molecule has 0 unspecified atom stereocenters. The lowest BCUT2D eigenvalue weighted by Crippen LogP contribution is -2.57. The number of carbonyl (C=O) groups excluding carboxylic acids is 1. The van der Waals surface area contributed by atoms with Crippen LogP contribution >= 0.6 is 0 Å². The van der Waals surface area contributed by atoms with Crippen LogP contribution in [0.5, 0.6) is 0 Å². The van der Waals surface area contributed by atoms with Gasteiger partial charge in [0.2, 0.25) is 5.91 Å². The van der Waals surface area contributed by atoms with Crippen molar-refractivity contribution in [3.63, 3.8) is 0 Å². The quantitative estimate of drug-likeness (QED) is 0.887. The Bertz CT molecular complexity index is 783. The summed E-state index contributed by atoms with van der Waals surface area (Å²) in [7, 11) is 0. The molecule has 1 saturated heterocycles. The van der Waals surface area contributed by atoms with Crippen molar-refractivity contribution in [2.45, 2.75) is 25.4 Å². The van der Waals surface area contributed by atoms with Crippen molar-refractivity contribution in [2.24, 2.45) is 0 Å². The van der Waals surface area contributed by atoms with Crippen LogP contribution < -0.4 is 0 Å². The SMILES string of the molecule is Cc1cc(CC(=O)N2CCO[C@](CO)(Cc3ccccc3F)C2)ccn1. The van der Waals surface area contributed by atoms with Crippen molar-refractivity contribution in [3.05, 3.63) is 65.2 Å². The number of hydrogen-bond donors (Lipinski definition) is 1. The largest absolute Gasteiger partial charge is 0.393 e. The summed E-state index contributed by atoms with van der Waals surface area (Å²) in [5.74, 6) is -0.370. The van der Waals surface area contributed by atoms with E-state index in [1.807, 2.05) is 19.1 Å². The van der Waals surface area contributed by atoms with E-state index in [9.17, 15) is 14.3 Å². The summed E-state index contributed by atoms with van der Waals surface area (Å²) >= 11 is 0. The minimum Gasteiger partial charge on any atom is -0.393 e. The lowest BCUT2D eigenvalue weighted by atomic mass is 9.92. The fourth-order valence-electron chi connectivity index (χ4n) is 3.31. The maximum Gasteiger partial charge on any atom is 0.227 e. The maximum absolute atomic E-state index is 14.0. The molecule has 26 heavy (non-hydrogen) atoms. The molecule has 1 aromatic heterocycles. The molecule has 138 valence electrons. The third-order valence-corrected chi connectivity index (χ3v) is 4.68. The van der Waals surface area contributed by atoms with Crippen LogP contribution in [-0.2, 0) is 22.4 Å². The Morgan fingerprint density at radius 3 is 2.92 bits per heavy atom. The van der Waals surface area contributed by atoms with Gasteiger partial charge in [0.25, 0.3) is 0 Å². The van der Waals surface area contributed by atoms with Gasteiger partial charge in [-0.25, -0.2) is 4.39 Å². The summed E-state index contributed by atoms with van der Waals surface area (Å²) < 4.78 is 19.8. The Morgan fingerprint density at radius 2 is 2.19 bits per heavy atom. The van der Waals surface area contributed by atoms with Crippen molar-refractivity contribution in [1.82, 2.24) is 9.88 Å². The first-order chi connectivity index (χ1) is 12.5. The van der Waals surface area contributed by atoms with Crippen LogP contribution in [0.25, 0.3) is 0 Å². The predicted molar refractivity (Wildman–Crippen MR) is 95.1 cm³/mol. The van der Waals surface area contributed by atoms with Crippen molar-refractivity contribution in [1.29, 1.82) is 0 Å². The van der Waals surface area contributed by atoms with E-state index in [0.717, 1.165) is 11.3 Å². The number of benzene rings is 1. The molecule has 0 spiro atoms. The number of aromatic nitrogens is 1. The molecule has 1 aromatic carbocycles. The van der Waals surface area contributed by atoms with E-state index in [2.05, 4.69) is 4.98 Å². The Hall–Kier alpha value is -2.31. The molecule has 0 radical (unpaired) electrons. The molecular weight excluding hydrogens is 335 g/mol. The molecule has 3 rings (SSSR count). The first-order valence-electron chi connectivity index (χ1n) is 8.69. The average Bonchev–Trinajstić information content (AvgIpc) is 2.64. The van der Waals surface area contributed by atoms with E-state index in [-0.39, 0.29) is 37.7 Å². The summed E-state index contributed by atoms with van der Waals surface area (Å²) in [6.07, 6.45) is 2.17. The number of amides is 1. The Kier molecular flexibility index (Phi) is 5.64. The topological polar surface area (TPSA) is 62.7 Å². The number of halogens is 1. The highest BCUT2D eigenvalue weighted by Gasteiger charge is 2.38. The minimum atomic E-state index is -0.982. The number of carbonyl (C=O) groups is 1. The molecule has 1 N–H and O–H groups in total. The van der Waals surface area contributed by atoms with Gasteiger partial charge in [-0.15, -0.1) is 0 Å². The molecule has 0 saturated carbocycles. The molecule has 1 aliphatic rings. The van der Waals surface area contributed by atoms with Gasteiger partial charge in [-0.1, -0.05) is 18.2 Å². The molecule has 1 fully saturated rings. The van der Waals surface area contributed by atoms with Crippen molar-refractivity contribution in [3.8, 4) is 0 Å². The number of morpholine rings is 1. The van der Waals surface area contributed by atoms with Gasteiger partial charge in [-0.05, 0) is 36.2 Å². The van der Waals surface area contributed by atoms with Gasteiger partial charge >= 0.3 is 0 Å². The lowest BCUT2D eigenvalue weighted by Gasteiger charge is -2.42. The van der Waals surface area contributed by atoms with Gasteiger partial charge in [0.1, 0.15) is 11.4 Å². The van der Waals surface area contributed by atoms with Gasteiger partial charge in [0.05, 0.1) is 26.2 Å². The van der Waals surface area contributed by atoms with Crippen LogP contribution in [0.1, 0.15) is 16.8 Å². The number of aliphatic hydroxyl groups is 1. The monoisotopic (exact) mass is 358 g/mol. The van der Waals surface area contributed by atoms with Crippen LogP contribution in [0.2, 0.25) is 0 Å². The van der Waals surface area contributed by atoms with Crippen LogP contribution in [0, 0.1) is 12.7 Å². The fourth-order valence-corrected chi connectivity index (χ4v) is 3.31. The van der Waals surface area contributed by atoms with Crippen LogP contribution in [0.3, 0.4) is 0 Å². The molecule has 1 atom stereocenters. The van der Waals surface area contributed by atoms with Gasteiger partial charge in [-0.2, -0.15) is 0 Å². The average molecular weight is 358 g/mol. The van der Waals surface area contributed by atoms with Crippen molar-refractivity contribution >= 4 is 5.91 Å². The fraction of sp³-hybridized carbons (Fsp3) is 0.400. The molecule has 1 aliphatic heterocycles. The standard InChI is InChI=1S/C20H23FN2O3/c1-15-10-16(6-7-22-15)11-19(25)23-8-9-26-20(13-23,14-24)12-17-4-2-3-5-18(17)21/h2-7,10,24H,8-9,11-14H2,1H3/t20-/m1/s1. The molecule has 2 heterocycles. The van der Waals surface area contributed by atoms with E-state index >= 15 is 0 Å². The highest BCUT2D eigenvalue weighted by Crippen LogP contribution is 2.25. The normalized spacial score (nSPS) is 20.2. The Labute approximate surface area is 152 Å². The summed E-state index contributed by atoms with van der Waals surface area (Å²) in [6.45, 7) is 2.62. The third kappa shape index (κ3) is 4.26. The number of aryl methyl sites for hydroxylation is 1. The van der Waals surface area contributed by atoms with Crippen LogP contribution in [0.4, 0.5) is 4.39 Å². The minimum absolute atomic E-state index is 0.0368. The molecule has 0 bridgehead atoms. The number of pyridine rings is 1. The zero-order valence-corrected chi connectivity index (χ0v) is 14.8. The second-order valence-electron chi connectivity index (χ2n) is 6.76. The van der Waals surface area contributed by atoms with Crippen molar-refractivity contribution in [2.75, 3.05) is 26.3 Å². The van der Waals surface area contributed by atoms with Crippen molar-refractivity contribution < 1.29 is 19.0 Å². The second kappa shape index (κ2) is 7.93. The molecule has 1 amide bonds. The third-order valence-electron chi connectivity index (χ3n) is 4.68. The molecule has 6 heteroatoms. The van der Waals surface area contributed by atoms with Gasteiger partial charge < -0.3 is 14.7 Å². The van der Waals surface area contributed by atoms with E-state index in [1.54, 1.807) is 29.3 Å². The molecular formula is C20H23FN2O3. The van der Waals surface area contributed by atoms with E-state index in [0.29, 0.717) is 18.7 Å². The number of hydrogen-bond acceptors (Lipinski definition) is 4. The Balaban J connectivity index is 1.72. The van der Waals surface area contributed by atoms with Crippen LogP contribution in [0.15, 0.2) is 42.6 Å². The lowest BCUT2D eigenvalue weighted by molar-refractivity contribution is -0.157. The summed E-state index contributed by atoms with van der Waals surface area (Å²) in [5.41, 5.74) is 1.25. The molecule has 2 aromatic rings. The summed E-state index contributed by atoms with van der Waals surface area (Å²) in [6, 6.07) is 10.1. The Morgan fingerprint density at radius 1 is 1.38 bits per heavy atom. The number of ether oxygens (including phenoxy) is 1. The summed E-state index contributed by atoms with van der Waals surface area (Å²) in [5, 5.41) is 9.93.